The van der Waals surface area contributed by atoms with Crippen LogP contribution in [0.5, 0.6) is 5.75 Å². The third kappa shape index (κ3) is 4.64. The molecule has 176 valence electrons. The summed E-state index contributed by atoms with van der Waals surface area (Å²) in [6.45, 7) is 6.21. The van der Waals surface area contributed by atoms with E-state index in [9.17, 15) is 18.0 Å². The second-order valence-corrected chi connectivity index (χ2v) is 10.5. The molecular weight excluding hydrogens is 468 g/mol. The number of halogens is 1. The van der Waals surface area contributed by atoms with Crippen LogP contribution in [0.3, 0.4) is 0 Å². The van der Waals surface area contributed by atoms with Crippen LogP contribution in [0.1, 0.15) is 18.1 Å². The van der Waals surface area contributed by atoms with Gasteiger partial charge in [0.1, 0.15) is 10.6 Å². The van der Waals surface area contributed by atoms with Gasteiger partial charge in [-0.25, -0.2) is 13.2 Å². The fourth-order valence-corrected chi connectivity index (χ4v) is 5.76. The minimum absolute atomic E-state index is 0.0118. The number of anilines is 2. The molecule has 2 aliphatic rings. The third-order valence-corrected chi connectivity index (χ3v) is 8.10. The van der Waals surface area contributed by atoms with Crippen LogP contribution < -0.4 is 15.4 Å². The number of carbonyl (C=O) groups excluding carboxylic acids is 2. The Balaban J connectivity index is 1.45. The largest absolute Gasteiger partial charge is 0.479 e. The summed E-state index contributed by atoms with van der Waals surface area (Å²) < 4.78 is 33.4. The minimum atomic E-state index is -3.93. The number of nitrogens with zero attached hydrogens (tertiary/aromatic N) is 2. The molecular formula is C22H25ClN4O5S. The molecule has 0 spiro atoms. The van der Waals surface area contributed by atoms with E-state index in [2.05, 4.69) is 10.6 Å². The second kappa shape index (κ2) is 8.85. The van der Waals surface area contributed by atoms with Crippen LogP contribution in [0.4, 0.5) is 16.2 Å². The van der Waals surface area contributed by atoms with Gasteiger partial charge in [0.05, 0.1) is 10.7 Å². The maximum Gasteiger partial charge on any atom is 0.321 e. The first-order chi connectivity index (χ1) is 15.6. The van der Waals surface area contributed by atoms with E-state index in [-0.39, 0.29) is 53.8 Å². The van der Waals surface area contributed by atoms with Crippen molar-refractivity contribution in [2.45, 2.75) is 31.8 Å². The van der Waals surface area contributed by atoms with Crippen LogP contribution in [0, 0.1) is 13.8 Å². The van der Waals surface area contributed by atoms with E-state index >= 15 is 0 Å². The summed E-state index contributed by atoms with van der Waals surface area (Å²) in [6, 6.07) is 8.20. The molecule has 0 radical (unpaired) electrons. The van der Waals surface area contributed by atoms with Crippen LogP contribution >= 0.6 is 11.6 Å². The van der Waals surface area contributed by atoms with E-state index in [1.165, 1.54) is 16.4 Å². The first kappa shape index (κ1) is 23.3. The molecule has 33 heavy (non-hydrogen) atoms. The summed E-state index contributed by atoms with van der Waals surface area (Å²) in [5.74, 6) is -0.0824. The summed E-state index contributed by atoms with van der Waals surface area (Å²) in [5.41, 5.74) is 3.12. The minimum Gasteiger partial charge on any atom is -0.479 e. The molecule has 0 aliphatic carbocycles. The average Bonchev–Trinajstić information content (AvgIpc) is 2.76. The third-order valence-electron chi connectivity index (χ3n) is 5.73. The lowest BCUT2D eigenvalue weighted by atomic mass is 10.1. The number of urea groups is 1. The molecule has 0 bridgehead atoms. The number of benzene rings is 2. The molecule has 4 rings (SSSR count). The van der Waals surface area contributed by atoms with Crippen LogP contribution in [0.25, 0.3) is 0 Å². The molecule has 0 aromatic heterocycles. The van der Waals surface area contributed by atoms with Gasteiger partial charge in [-0.15, -0.1) is 0 Å². The van der Waals surface area contributed by atoms with Crippen LogP contribution in [0.15, 0.2) is 35.2 Å². The van der Waals surface area contributed by atoms with Crippen molar-refractivity contribution in [3.05, 3.63) is 46.5 Å². The van der Waals surface area contributed by atoms with E-state index in [1.807, 2.05) is 32.0 Å². The highest BCUT2D eigenvalue weighted by Gasteiger charge is 2.34. The number of hydrogen-bond acceptors (Lipinski definition) is 5. The van der Waals surface area contributed by atoms with Gasteiger partial charge in [-0.1, -0.05) is 29.3 Å². The Labute approximate surface area is 197 Å². The monoisotopic (exact) mass is 492 g/mol. The number of piperazine rings is 1. The van der Waals surface area contributed by atoms with E-state index in [0.29, 0.717) is 5.69 Å². The van der Waals surface area contributed by atoms with E-state index < -0.39 is 16.1 Å². The number of nitrogens with one attached hydrogen (secondary N) is 2. The van der Waals surface area contributed by atoms with Crippen molar-refractivity contribution in [1.29, 1.82) is 0 Å². The zero-order valence-electron chi connectivity index (χ0n) is 18.5. The molecule has 2 aromatic rings. The molecule has 1 saturated heterocycles. The maximum atomic E-state index is 13.3. The van der Waals surface area contributed by atoms with Gasteiger partial charge in [0, 0.05) is 37.9 Å². The number of hydrogen-bond donors (Lipinski definition) is 2. The van der Waals surface area contributed by atoms with Crippen LogP contribution in [-0.2, 0) is 14.8 Å². The Morgan fingerprint density at radius 3 is 2.52 bits per heavy atom. The quantitative estimate of drug-likeness (QED) is 0.684. The molecule has 1 fully saturated rings. The maximum absolute atomic E-state index is 13.3. The Kier molecular flexibility index (Phi) is 6.26. The van der Waals surface area contributed by atoms with E-state index in [4.69, 9.17) is 16.3 Å². The lowest BCUT2D eigenvalue weighted by molar-refractivity contribution is -0.122. The number of fused-ring (bicyclic) bond motifs is 1. The Morgan fingerprint density at radius 1 is 1.15 bits per heavy atom. The summed E-state index contributed by atoms with van der Waals surface area (Å²) in [7, 11) is -3.93. The van der Waals surface area contributed by atoms with Crippen molar-refractivity contribution in [3.8, 4) is 5.75 Å². The molecule has 0 saturated carbocycles. The smallest absolute Gasteiger partial charge is 0.321 e. The zero-order valence-corrected chi connectivity index (χ0v) is 20.1. The summed E-state index contributed by atoms with van der Waals surface area (Å²) >= 11 is 6.26. The highest BCUT2D eigenvalue weighted by molar-refractivity contribution is 7.89. The Morgan fingerprint density at radius 2 is 1.85 bits per heavy atom. The predicted octanol–water partition coefficient (Wildman–Crippen LogP) is 3.21. The number of carbonyl (C=O) groups is 2. The van der Waals surface area contributed by atoms with Crippen molar-refractivity contribution in [1.82, 2.24) is 9.21 Å². The predicted molar refractivity (Wildman–Crippen MR) is 125 cm³/mol. The number of aryl methyl sites for hydroxylation is 2. The number of rotatable bonds is 3. The van der Waals surface area contributed by atoms with E-state index in [1.54, 1.807) is 11.8 Å². The first-order valence-electron chi connectivity index (χ1n) is 10.5. The van der Waals surface area contributed by atoms with Gasteiger partial charge >= 0.3 is 6.03 Å². The van der Waals surface area contributed by atoms with Gasteiger partial charge in [-0.05, 0) is 38.5 Å². The van der Waals surface area contributed by atoms with Gasteiger partial charge in [-0.2, -0.15) is 4.31 Å². The van der Waals surface area contributed by atoms with Gasteiger partial charge in [0.2, 0.25) is 10.0 Å². The number of sulfonamides is 1. The summed E-state index contributed by atoms with van der Waals surface area (Å²) in [4.78, 5) is 26.0. The van der Waals surface area contributed by atoms with Crippen molar-refractivity contribution in [2.75, 3.05) is 36.8 Å². The molecule has 0 unspecified atom stereocenters. The molecule has 2 aliphatic heterocycles. The first-order valence-corrected chi connectivity index (χ1v) is 12.3. The van der Waals surface area contributed by atoms with Crippen LogP contribution in [-0.4, -0.2) is 61.8 Å². The fourth-order valence-electron chi connectivity index (χ4n) is 3.82. The van der Waals surface area contributed by atoms with Crippen molar-refractivity contribution in [3.63, 3.8) is 0 Å². The number of amides is 3. The molecule has 3 amide bonds. The highest BCUT2D eigenvalue weighted by atomic mass is 35.5. The summed E-state index contributed by atoms with van der Waals surface area (Å²) in [5, 5.41) is 5.52. The van der Waals surface area contributed by atoms with Crippen molar-refractivity contribution in [2.24, 2.45) is 0 Å². The molecule has 1 atom stereocenters. The highest BCUT2D eigenvalue weighted by Crippen LogP contribution is 2.38. The normalized spacial score (nSPS) is 18.8. The topological polar surface area (TPSA) is 108 Å². The molecule has 2 aromatic carbocycles. The number of ether oxygens (including phenoxy) is 1. The van der Waals surface area contributed by atoms with E-state index in [0.717, 1.165) is 16.8 Å². The van der Waals surface area contributed by atoms with Crippen molar-refractivity contribution < 1.29 is 22.7 Å². The van der Waals surface area contributed by atoms with Gasteiger partial charge in [0.15, 0.2) is 6.10 Å². The molecule has 11 heteroatoms. The molecule has 2 N–H and O–H groups in total. The van der Waals surface area contributed by atoms with Gasteiger partial charge < -0.3 is 20.3 Å². The lowest BCUT2D eigenvalue weighted by Crippen LogP contribution is -2.51. The zero-order chi connectivity index (χ0) is 23.9. The standard InChI is InChI=1S/C22H25ClN4O5S/c1-13-4-5-17(14(2)10-13)25-22(29)26-6-8-27(9-7-26)33(30,31)20-12-19-18(11-16(20)23)24-21(28)15(3)32-19/h4-5,10-12,15H,6-9H2,1-3H3,(H,24,28)(H,25,29)/t15-/m0/s1. The van der Waals surface area contributed by atoms with Crippen molar-refractivity contribution >= 4 is 44.9 Å². The lowest BCUT2D eigenvalue weighted by Gasteiger charge is -2.34. The Bertz CT molecular complexity index is 1230. The fraction of sp³-hybridized carbons (Fsp3) is 0.364. The summed E-state index contributed by atoms with van der Waals surface area (Å²) in [6.07, 6.45) is -0.742. The average molecular weight is 493 g/mol. The molecule has 9 nitrogen and oxygen atoms in total. The van der Waals surface area contributed by atoms with Gasteiger partial charge in [0.25, 0.3) is 5.91 Å². The van der Waals surface area contributed by atoms with Crippen LogP contribution in [0.2, 0.25) is 5.02 Å². The SMILES string of the molecule is Cc1ccc(NC(=O)N2CCN(S(=O)(=O)c3cc4c(cc3Cl)NC(=O)[C@H](C)O4)CC2)c(C)c1. The second-order valence-electron chi connectivity index (χ2n) is 8.17. The molecule has 2 heterocycles. The van der Waals surface area contributed by atoms with Gasteiger partial charge in [-0.3, -0.25) is 4.79 Å². The Hall–Kier alpha value is -2.82.